The first-order valence-electron chi connectivity index (χ1n) is 12.2. The Kier molecular flexibility index (Phi) is 6.02. The summed E-state index contributed by atoms with van der Waals surface area (Å²) in [7, 11) is 0. The molecular formula is C26H42O4. The van der Waals surface area contributed by atoms with E-state index in [9.17, 15) is 20.4 Å². The van der Waals surface area contributed by atoms with Crippen LogP contribution >= 0.6 is 0 Å². The summed E-state index contributed by atoms with van der Waals surface area (Å²) in [5.41, 5.74) is 2.60. The second-order valence-electron chi connectivity index (χ2n) is 11.5. The smallest absolute Gasteiger partial charge is 0.0761 e. The zero-order valence-electron chi connectivity index (χ0n) is 19.2. The molecule has 0 aromatic rings. The average Bonchev–Trinajstić information content (AvgIpc) is 2.98. The van der Waals surface area contributed by atoms with Crippen LogP contribution < -0.4 is 0 Å². The molecule has 0 bridgehead atoms. The van der Waals surface area contributed by atoms with Crippen molar-refractivity contribution in [2.75, 3.05) is 6.61 Å². The molecule has 0 aromatic carbocycles. The maximum Gasteiger partial charge on any atom is 0.0761 e. The Balaban J connectivity index is 1.68. The molecule has 0 aromatic heterocycles. The topological polar surface area (TPSA) is 80.9 Å². The molecule has 4 N–H and O–H groups in total. The quantitative estimate of drug-likeness (QED) is 0.523. The van der Waals surface area contributed by atoms with Crippen molar-refractivity contribution in [1.29, 1.82) is 0 Å². The van der Waals surface area contributed by atoms with Gasteiger partial charge in [0.2, 0.25) is 0 Å². The highest BCUT2D eigenvalue weighted by molar-refractivity contribution is 5.38. The van der Waals surface area contributed by atoms with Crippen LogP contribution in [0.3, 0.4) is 0 Å². The second-order valence-corrected chi connectivity index (χ2v) is 11.5. The summed E-state index contributed by atoms with van der Waals surface area (Å²) in [6.07, 6.45) is 9.40. The van der Waals surface area contributed by atoms with Gasteiger partial charge in [-0.1, -0.05) is 45.4 Å². The zero-order chi connectivity index (χ0) is 21.8. The van der Waals surface area contributed by atoms with Gasteiger partial charge >= 0.3 is 0 Å². The molecule has 0 heterocycles. The van der Waals surface area contributed by atoms with Crippen molar-refractivity contribution in [1.82, 2.24) is 0 Å². The number of hydrogen-bond acceptors (Lipinski definition) is 4. The Morgan fingerprint density at radius 2 is 1.77 bits per heavy atom. The molecule has 0 saturated heterocycles. The Morgan fingerprint density at radius 1 is 1.03 bits per heavy atom. The molecule has 0 spiro atoms. The molecule has 170 valence electrons. The van der Waals surface area contributed by atoms with Crippen molar-refractivity contribution in [3.05, 3.63) is 23.3 Å². The summed E-state index contributed by atoms with van der Waals surface area (Å²) < 4.78 is 0. The van der Waals surface area contributed by atoms with Crippen molar-refractivity contribution in [2.45, 2.75) is 91.0 Å². The summed E-state index contributed by atoms with van der Waals surface area (Å²) in [5.74, 6) is 1.47. The van der Waals surface area contributed by atoms with Crippen molar-refractivity contribution in [3.8, 4) is 0 Å². The van der Waals surface area contributed by atoms with Gasteiger partial charge in [0.1, 0.15) is 0 Å². The van der Waals surface area contributed by atoms with E-state index in [2.05, 4.69) is 32.9 Å². The third-order valence-corrected chi connectivity index (χ3v) is 9.71. The average molecular weight is 419 g/mol. The highest BCUT2D eigenvalue weighted by Gasteiger charge is 2.59. The van der Waals surface area contributed by atoms with E-state index in [1.807, 2.05) is 6.92 Å². The highest BCUT2D eigenvalue weighted by atomic mass is 16.3. The van der Waals surface area contributed by atoms with Gasteiger partial charge in [0.05, 0.1) is 18.3 Å². The number of allylic oxidation sites excluding steroid dienone is 1. The first-order chi connectivity index (χ1) is 14.1. The van der Waals surface area contributed by atoms with Gasteiger partial charge < -0.3 is 20.4 Å². The van der Waals surface area contributed by atoms with E-state index in [0.717, 1.165) is 32.1 Å². The monoisotopic (exact) mass is 418 g/mol. The fourth-order valence-corrected chi connectivity index (χ4v) is 7.98. The van der Waals surface area contributed by atoms with Crippen LogP contribution in [0.25, 0.3) is 0 Å². The molecule has 30 heavy (non-hydrogen) atoms. The van der Waals surface area contributed by atoms with Crippen molar-refractivity contribution in [2.24, 2.45) is 40.4 Å². The molecule has 2 unspecified atom stereocenters. The predicted molar refractivity (Wildman–Crippen MR) is 119 cm³/mol. The summed E-state index contributed by atoms with van der Waals surface area (Å²) >= 11 is 0. The highest BCUT2D eigenvalue weighted by Crippen LogP contribution is 2.65. The molecule has 0 aliphatic heterocycles. The van der Waals surface area contributed by atoms with Gasteiger partial charge in [0.15, 0.2) is 0 Å². The summed E-state index contributed by atoms with van der Waals surface area (Å²) in [5, 5.41) is 41.9. The van der Waals surface area contributed by atoms with Crippen LogP contribution in [0.4, 0.5) is 0 Å². The van der Waals surface area contributed by atoms with Crippen LogP contribution in [0.15, 0.2) is 23.3 Å². The van der Waals surface area contributed by atoms with Crippen LogP contribution in [-0.2, 0) is 0 Å². The molecule has 10 atom stereocenters. The lowest BCUT2D eigenvalue weighted by molar-refractivity contribution is -0.0965. The van der Waals surface area contributed by atoms with Crippen LogP contribution in [0.5, 0.6) is 0 Å². The third-order valence-electron chi connectivity index (χ3n) is 9.71. The van der Waals surface area contributed by atoms with Crippen LogP contribution in [0.1, 0.15) is 72.6 Å². The number of rotatable bonds is 4. The van der Waals surface area contributed by atoms with Crippen molar-refractivity contribution < 1.29 is 20.4 Å². The maximum atomic E-state index is 11.2. The van der Waals surface area contributed by atoms with Crippen molar-refractivity contribution >= 4 is 0 Å². The predicted octanol–water partition coefficient (Wildman–Crippen LogP) is 3.83. The van der Waals surface area contributed by atoms with Crippen LogP contribution in [0.2, 0.25) is 0 Å². The third kappa shape index (κ3) is 3.43. The molecule has 3 saturated carbocycles. The van der Waals surface area contributed by atoms with E-state index in [-0.39, 0.29) is 35.4 Å². The summed E-state index contributed by atoms with van der Waals surface area (Å²) in [4.78, 5) is 0. The SMILES string of the molecule is CC(/C=C/[C@@H](C)[C@H]1C[C@@H](O)C2=C3C[C@H](O)C4C[C@@H](O)CC[C@]4(C)[C@H]3CC[C@@]21C)CO. The van der Waals surface area contributed by atoms with E-state index in [4.69, 9.17) is 0 Å². The number of aliphatic hydroxyl groups is 4. The van der Waals surface area contributed by atoms with Crippen molar-refractivity contribution in [3.63, 3.8) is 0 Å². The number of fused-ring (bicyclic) bond motifs is 4. The lowest BCUT2D eigenvalue weighted by atomic mass is 9.48. The summed E-state index contributed by atoms with van der Waals surface area (Å²) in [6, 6.07) is 0. The maximum absolute atomic E-state index is 11.2. The molecule has 4 heteroatoms. The number of aliphatic hydroxyl groups excluding tert-OH is 4. The standard InChI is InChI=1S/C26H42O4/c1-15(14-27)5-6-16(2)20-13-23(30)24-18-12-22(29)21-11-17(28)7-9-25(21,3)19(18)8-10-26(20,24)4/h5-6,15-17,19-23,27-30H,7-14H2,1-4H3/b6-5+/t15?,16-,17+,19+,20-,21?,22+,23-,25-,26-/m1/s1. The Bertz CT molecular complexity index is 714. The Hall–Kier alpha value is -0.680. The van der Waals surface area contributed by atoms with E-state index in [1.54, 1.807) is 0 Å². The molecule has 3 fully saturated rings. The van der Waals surface area contributed by atoms with Crippen LogP contribution in [-0.4, -0.2) is 45.3 Å². The minimum Gasteiger partial charge on any atom is -0.396 e. The van der Waals surface area contributed by atoms with E-state index >= 15 is 0 Å². The van der Waals surface area contributed by atoms with Gasteiger partial charge in [-0.3, -0.25) is 0 Å². The summed E-state index contributed by atoms with van der Waals surface area (Å²) in [6.45, 7) is 9.11. The van der Waals surface area contributed by atoms with Gasteiger partial charge in [-0.25, -0.2) is 0 Å². The molecule has 0 amide bonds. The normalized spacial score (nSPS) is 48.3. The zero-order valence-corrected chi connectivity index (χ0v) is 19.2. The van der Waals surface area contributed by atoms with Gasteiger partial charge in [0, 0.05) is 6.61 Å². The fraction of sp³-hybridized carbons (Fsp3) is 0.846. The minimum atomic E-state index is -0.417. The molecule has 4 aliphatic rings. The lowest BCUT2D eigenvalue weighted by Gasteiger charge is -2.58. The van der Waals surface area contributed by atoms with Gasteiger partial charge in [0.25, 0.3) is 0 Å². The van der Waals surface area contributed by atoms with E-state index in [1.165, 1.54) is 11.1 Å². The Labute approximate surface area is 182 Å². The minimum absolute atomic E-state index is 0.0193. The van der Waals surface area contributed by atoms with Gasteiger partial charge in [-0.05, 0) is 90.9 Å². The number of hydrogen-bond donors (Lipinski definition) is 4. The van der Waals surface area contributed by atoms with E-state index in [0.29, 0.717) is 30.6 Å². The first-order valence-corrected chi connectivity index (χ1v) is 12.2. The molecular weight excluding hydrogens is 376 g/mol. The molecule has 4 nitrogen and oxygen atoms in total. The second kappa shape index (κ2) is 8.03. The van der Waals surface area contributed by atoms with E-state index < -0.39 is 12.2 Å². The largest absolute Gasteiger partial charge is 0.396 e. The van der Waals surface area contributed by atoms with Gasteiger partial charge in [-0.15, -0.1) is 0 Å². The molecule has 4 aliphatic carbocycles. The molecule has 4 rings (SSSR count). The first kappa shape index (κ1) is 22.5. The lowest BCUT2D eigenvalue weighted by Crippen LogP contribution is -2.53. The Morgan fingerprint density at radius 3 is 2.47 bits per heavy atom. The van der Waals surface area contributed by atoms with Gasteiger partial charge in [-0.2, -0.15) is 0 Å². The fourth-order valence-electron chi connectivity index (χ4n) is 7.98. The van der Waals surface area contributed by atoms with Crippen LogP contribution in [0, 0.1) is 40.4 Å². The molecule has 0 radical (unpaired) electrons.